The second-order valence-electron chi connectivity index (χ2n) is 7.72. The lowest BCUT2D eigenvalue weighted by atomic mass is 10.0. The van der Waals surface area contributed by atoms with Crippen LogP contribution in [-0.2, 0) is 0 Å². The third kappa shape index (κ3) is 4.10. The molecule has 6 nitrogen and oxygen atoms in total. The summed E-state index contributed by atoms with van der Waals surface area (Å²) in [4.78, 5) is 28.6. The molecule has 1 aliphatic rings. The first-order valence-electron chi connectivity index (χ1n) is 10.6. The van der Waals surface area contributed by atoms with E-state index in [1.807, 2.05) is 60.7 Å². The number of piperidine rings is 1. The second kappa shape index (κ2) is 8.52. The summed E-state index contributed by atoms with van der Waals surface area (Å²) >= 11 is 0. The highest BCUT2D eigenvalue weighted by Gasteiger charge is 2.24. The summed E-state index contributed by atoms with van der Waals surface area (Å²) < 4.78 is 0. The minimum Gasteiger partial charge on any atom is -0.356 e. The maximum atomic E-state index is 12.5. The Kier molecular flexibility index (Phi) is 5.27. The molecule has 4 aromatic rings. The molecule has 1 N–H and O–H groups in total. The van der Waals surface area contributed by atoms with Crippen LogP contribution < -0.4 is 10.2 Å². The molecule has 1 aliphatic heterocycles. The number of pyridine rings is 1. The molecule has 0 atom stereocenters. The summed E-state index contributed by atoms with van der Waals surface area (Å²) in [5.74, 6) is 1.65. The van der Waals surface area contributed by atoms with Gasteiger partial charge in [-0.1, -0.05) is 30.3 Å². The zero-order valence-corrected chi connectivity index (χ0v) is 17.1. The van der Waals surface area contributed by atoms with Gasteiger partial charge in [0.25, 0.3) is 5.91 Å². The number of nitrogens with one attached hydrogen (secondary N) is 1. The molecule has 0 saturated carbocycles. The van der Waals surface area contributed by atoms with E-state index in [9.17, 15) is 4.79 Å². The van der Waals surface area contributed by atoms with Crippen molar-refractivity contribution in [2.75, 3.05) is 18.0 Å². The van der Waals surface area contributed by atoms with E-state index < -0.39 is 0 Å². The topological polar surface area (TPSA) is 71.0 Å². The van der Waals surface area contributed by atoms with Crippen molar-refractivity contribution in [3.63, 3.8) is 0 Å². The lowest BCUT2D eigenvalue weighted by Crippen LogP contribution is -2.45. The number of carbonyl (C=O) groups excluding carboxylic acids is 1. The van der Waals surface area contributed by atoms with Crippen molar-refractivity contribution >= 4 is 22.6 Å². The third-order valence-electron chi connectivity index (χ3n) is 5.69. The van der Waals surface area contributed by atoms with E-state index in [0.29, 0.717) is 11.4 Å². The van der Waals surface area contributed by atoms with Crippen molar-refractivity contribution in [2.24, 2.45) is 0 Å². The Morgan fingerprint density at radius 3 is 2.35 bits per heavy atom. The molecule has 0 spiro atoms. The Balaban J connectivity index is 1.36. The van der Waals surface area contributed by atoms with Crippen molar-refractivity contribution in [1.82, 2.24) is 20.3 Å². The second-order valence-corrected chi connectivity index (χ2v) is 7.72. The maximum Gasteiger partial charge on any atom is 0.251 e. The molecule has 31 heavy (non-hydrogen) atoms. The molecule has 0 unspecified atom stereocenters. The van der Waals surface area contributed by atoms with Gasteiger partial charge in [-0.25, -0.2) is 9.97 Å². The fraction of sp³-hybridized carbons (Fsp3) is 0.200. The third-order valence-corrected chi connectivity index (χ3v) is 5.69. The predicted octanol–water partition coefficient (Wildman–Crippen LogP) is 4.09. The number of hydrogen-bond donors (Lipinski definition) is 1. The number of para-hydroxylation sites is 1. The van der Waals surface area contributed by atoms with E-state index in [2.05, 4.69) is 21.3 Å². The molecule has 5 rings (SSSR count). The minimum absolute atomic E-state index is 0.00786. The SMILES string of the molecule is O=C(NC1CCN(c2nc(-c3ccncc3)nc3ccccc23)CC1)c1ccccc1. The molecule has 2 aromatic carbocycles. The van der Waals surface area contributed by atoms with Crippen LogP contribution in [0.2, 0.25) is 0 Å². The average Bonchev–Trinajstić information content (AvgIpc) is 2.85. The number of benzene rings is 2. The zero-order valence-electron chi connectivity index (χ0n) is 17.1. The van der Waals surface area contributed by atoms with Crippen LogP contribution in [0.15, 0.2) is 79.1 Å². The van der Waals surface area contributed by atoms with Crippen LogP contribution in [0.1, 0.15) is 23.2 Å². The Hall–Kier alpha value is -3.80. The monoisotopic (exact) mass is 409 g/mol. The van der Waals surface area contributed by atoms with Crippen LogP contribution in [-0.4, -0.2) is 40.0 Å². The van der Waals surface area contributed by atoms with Gasteiger partial charge in [-0.2, -0.15) is 0 Å². The average molecular weight is 409 g/mol. The molecule has 1 saturated heterocycles. The highest BCUT2D eigenvalue weighted by Crippen LogP contribution is 2.29. The van der Waals surface area contributed by atoms with Gasteiger partial charge in [0.15, 0.2) is 5.82 Å². The molecule has 0 radical (unpaired) electrons. The number of aromatic nitrogens is 3. The number of hydrogen-bond acceptors (Lipinski definition) is 5. The van der Waals surface area contributed by atoms with Crippen LogP contribution in [0, 0.1) is 0 Å². The minimum atomic E-state index is -0.00786. The van der Waals surface area contributed by atoms with E-state index >= 15 is 0 Å². The number of rotatable bonds is 4. The molecule has 2 aromatic heterocycles. The molecule has 1 amide bonds. The first-order chi connectivity index (χ1) is 15.3. The van der Waals surface area contributed by atoms with Gasteiger partial charge in [-0.3, -0.25) is 9.78 Å². The Morgan fingerprint density at radius 2 is 1.58 bits per heavy atom. The molecular weight excluding hydrogens is 386 g/mol. The molecule has 0 aliphatic carbocycles. The Morgan fingerprint density at radius 1 is 0.871 bits per heavy atom. The van der Waals surface area contributed by atoms with Crippen LogP contribution in [0.3, 0.4) is 0 Å². The van der Waals surface area contributed by atoms with Crippen LogP contribution in [0.25, 0.3) is 22.3 Å². The largest absolute Gasteiger partial charge is 0.356 e. The molecule has 154 valence electrons. The number of fused-ring (bicyclic) bond motifs is 1. The zero-order chi connectivity index (χ0) is 21.0. The summed E-state index contributed by atoms with van der Waals surface area (Å²) in [7, 11) is 0. The standard InChI is InChI=1S/C25H23N5O/c31-25(19-6-2-1-3-7-19)27-20-12-16-30(17-13-20)24-21-8-4-5-9-22(21)28-23(29-24)18-10-14-26-15-11-18/h1-11,14-15,20H,12-13,16-17H2,(H,27,31). The van der Waals surface area contributed by atoms with E-state index in [1.165, 1.54) is 0 Å². The summed E-state index contributed by atoms with van der Waals surface area (Å²) in [5, 5.41) is 4.22. The molecule has 1 fully saturated rings. The summed E-state index contributed by atoms with van der Waals surface area (Å²) in [6, 6.07) is 21.5. The van der Waals surface area contributed by atoms with Gasteiger partial charge in [0.1, 0.15) is 5.82 Å². The first-order valence-corrected chi connectivity index (χ1v) is 10.6. The van der Waals surface area contributed by atoms with E-state index in [1.54, 1.807) is 12.4 Å². The lowest BCUT2D eigenvalue weighted by Gasteiger charge is -2.34. The van der Waals surface area contributed by atoms with Gasteiger partial charge in [-0.15, -0.1) is 0 Å². The van der Waals surface area contributed by atoms with Gasteiger partial charge >= 0.3 is 0 Å². The highest BCUT2D eigenvalue weighted by atomic mass is 16.1. The molecular formula is C25H23N5O. The quantitative estimate of drug-likeness (QED) is 0.550. The maximum absolute atomic E-state index is 12.5. The highest BCUT2D eigenvalue weighted by molar-refractivity contribution is 5.94. The van der Waals surface area contributed by atoms with Crippen LogP contribution in [0.4, 0.5) is 5.82 Å². The molecule has 0 bridgehead atoms. The van der Waals surface area contributed by atoms with Crippen molar-refractivity contribution in [2.45, 2.75) is 18.9 Å². The van der Waals surface area contributed by atoms with Crippen molar-refractivity contribution in [1.29, 1.82) is 0 Å². The first kappa shape index (κ1) is 19.2. The lowest BCUT2D eigenvalue weighted by molar-refractivity contribution is 0.0931. The predicted molar refractivity (Wildman–Crippen MR) is 122 cm³/mol. The van der Waals surface area contributed by atoms with Crippen molar-refractivity contribution in [3.05, 3.63) is 84.7 Å². The molecule has 3 heterocycles. The van der Waals surface area contributed by atoms with E-state index in [0.717, 1.165) is 48.2 Å². The summed E-state index contributed by atoms with van der Waals surface area (Å²) in [6.07, 6.45) is 5.27. The summed E-state index contributed by atoms with van der Waals surface area (Å²) in [5.41, 5.74) is 2.58. The van der Waals surface area contributed by atoms with Gasteiger partial charge in [-0.05, 0) is 49.2 Å². The van der Waals surface area contributed by atoms with Gasteiger partial charge in [0.05, 0.1) is 5.52 Å². The van der Waals surface area contributed by atoms with E-state index in [4.69, 9.17) is 9.97 Å². The van der Waals surface area contributed by atoms with Crippen LogP contribution >= 0.6 is 0 Å². The number of amides is 1. The Labute approximate surface area is 181 Å². The van der Waals surface area contributed by atoms with Crippen molar-refractivity contribution in [3.8, 4) is 11.4 Å². The van der Waals surface area contributed by atoms with Gasteiger partial charge in [0.2, 0.25) is 0 Å². The smallest absolute Gasteiger partial charge is 0.251 e. The van der Waals surface area contributed by atoms with E-state index in [-0.39, 0.29) is 11.9 Å². The normalized spacial score (nSPS) is 14.5. The number of nitrogens with zero attached hydrogens (tertiary/aromatic N) is 4. The van der Waals surface area contributed by atoms with Crippen molar-refractivity contribution < 1.29 is 4.79 Å². The number of anilines is 1. The van der Waals surface area contributed by atoms with Gasteiger partial charge < -0.3 is 10.2 Å². The molecule has 6 heteroatoms. The summed E-state index contributed by atoms with van der Waals surface area (Å²) in [6.45, 7) is 1.66. The fourth-order valence-electron chi connectivity index (χ4n) is 4.02. The Bertz CT molecular complexity index is 1190. The van der Waals surface area contributed by atoms with Crippen LogP contribution in [0.5, 0.6) is 0 Å². The fourth-order valence-corrected chi connectivity index (χ4v) is 4.02. The van der Waals surface area contributed by atoms with Gasteiger partial charge in [0, 0.05) is 48.0 Å². The number of carbonyl (C=O) groups is 1.